The Morgan fingerprint density at radius 2 is 1.44 bits per heavy atom. The van der Waals surface area contributed by atoms with Crippen LogP contribution in [0.25, 0.3) is 0 Å². The highest BCUT2D eigenvalue weighted by atomic mass is 14.7. The van der Waals surface area contributed by atoms with Crippen molar-refractivity contribution < 1.29 is 0 Å². The minimum Gasteiger partial charge on any atom is -0.0648 e. The van der Waals surface area contributed by atoms with Crippen molar-refractivity contribution in [2.24, 2.45) is 28.1 Å². The van der Waals surface area contributed by atoms with Crippen LogP contribution < -0.4 is 0 Å². The fourth-order valence-corrected chi connectivity index (χ4v) is 6.52. The second-order valence-corrected chi connectivity index (χ2v) is 7.66. The molecule has 4 bridgehead atoms. The Morgan fingerprint density at radius 3 is 1.88 bits per heavy atom. The molecule has 3 atom stereocenters. The van der Waals surface area contributed by atoms with E-state index in [1.165, 1.54) is 25.7 Å². The fourth-order valence-electron chi connectivity index (χ4n) is 6.52. The molecule has 0 heteroatoms. The topological polar surface area (TPSA) is 0 Å². The molecule has 3 unspecified atom stereocenters. The van der Waals surface area contributed by atoms with Crippen LogP contribution >= 0.6 is 0 Å². The summed E-state index contributed by atoms with van der Waals surface area (Å²) in [6, 6.07) is 0. The molecule has 0 spiro atoms. The number of hydrogen-bond donors (Lipinski definition) is 0. The lowest BCUT2D eigenvalue weighted by atomic mass is 9.33. The highest BCUT2D eigenvalue weighted by Gasteiger charge is 2.66. The Bertz CT molecular complexity index is 289. The average Bonchev–Trinajstić information content (AvgIpc) is 2.24. The van der Waals surface area contributed by atoms with Crippen molar-refractivity contribution in [3.63, 3.8) is 0 Å². The molecular formula is C16H28. The number of hydrogen-bond acceptors (Lipinski definition) is 0. The van der Waals surface area contributed by atoms with Crippen LogP contribution in [-0.4, -0.2) is 0 Å². The third kappa shape index (κ3) is 1.03. The molecule has 0 aromatic heterocycles. The first kappa shape index (κ1) is 11.1. The van der Waals surface area contributed by atoms with Gasteiger partial charge < -0.3 is 0 Å². The molecule has 0 aromatic carbocycles. The molecule has 0 radical (unpaired) electrons. The van der Waals surface area contributed by atoms with E-state index < -0.39 is 0 Å². The molecule has 92 valence electrons. The van der Waals surface area contributed by atoms with E-state index in [1.54, 1.807) is 19.3 Å². The lowest BCUT2D eigenvalue weighted by molar-refractivity contribution is -0.221. The van der Waals surface area contributed by atoms with Gasteiger partial charge in [-0.15, -0.1) is 0 Å². The third-order valence-corrected chi connectivity index (χ3v) is 7.39. The zero-order valence-electron chi connectivity index (χ0n) is 11.6. The van der Waals surface area contributed by atoms with Gasteiger partial charge in [0.2, 0.25) is 0 Å². The molecule has 4 aliphatic carbocycles. The second-order valence-electron chi connectivity index (χ2n) is 7.66. The Morgan fingerprint density at radius 1 is 0.875 bits per heavy atom. The zero-order chi connectivity index (χ0) is 11.6. The Balaban J connectivity index is 2.10. The summed E-state index contributed by atoms with van der Waals surface area (Å²) in [7, 11) is 0. The van der Waals surface area contributed by atoms with Gasteiger partial charge in [-0.25, -0.2) is 0 Å². The smallest absolute Gasteiger partial charge is 0.0218 e. The van der Waals surface area contributed by atoms with E-state index >= 15 is 0 Å². The molecule has 0 N–H and O–H groups in total. The van der Waals surface area contributed by atoms with Gasteiger partial charge >= 0.3 is 0 Å². The van der Waals surface area contributed by atoms with Crippen molar-refractivity contribution in [1.82, 2.24) is 0 Å². The van der Waals surface area contributed by atoms with E-state index in [0.29, 0.717) is 16.2 Å². The van der Waals surface area contributed by atoms with Crippen LogP contribution in [-0.2, 0) is 0 Å². The molecule has 0 aliphatic heterocycles. The first-order valence-corrected chi connectivity index (χ1v) is 7.49. The molecular weight excluding hydrogens is 192 g/mol. The third-order valence-electron chi connectivity index (χ3n) is 7.39. The summed E-state index contributed by atoms with van der Waals surface area (Å²) in [6.07, 6.45) is 10.6. The molecule has 16 heavy (non-hydrogen) atoms. The molecule has 0 saturated heterocycles. The summed E-state index contributed by atoms with van der Waals surface area (Å²) in [5, 5.41) is 0. The molecule has 0 aromatic rings. The van der Waals surface area contributed by atoms with Crippen LogP contribution in [0.4, 0.5) is 0 Å². The van der Waals surface area contributed by atoms with Gasteiger partial charge in [-0.3, -0.25) is 0 Å². The van der Waals surface area contributed by atoms with Crippen molar-refractivity contribution in [2.75, 3.05) is 0 Å². The standard InChI is InChI=1S/C16H28/c1-5-15(4)14(3)8-12-7-13(9-14)11-16(15,6-2)10-12/h12-13H,5-11H2,1-4H3. The van der Waals surface area contributed by atoms with Crippen molar-refractivity contribution in [3.8, 4) is 0 Å². The first-order valence-electron chi connectivity index (χ1n) is 7.49. The van der Waals surface area contributed by atoms with E-state index in [2.05, 4.69) is 27.7 Å². The van der Waals surface area contributed by atoms with Crippen molar-refractivity contribution >= 4 is 0 Å². The maximum absolute atomic E-state index is 2.63. The predicted octanol–water partition coefficient (Wildman–Crippen LogP) is 5.03. The van der Waals surface area contributed by atoms with E-state index in [1.807, 2.05) is 0 Å². The van der Waals surface area contributed by atoms with Crippen molar-refractivity contribution in [1.29, 1.82) is 0 Å². The monoisotopic (exact) mass is 220 g/mol. The van der Waals surface area contributed by atoms with E-state index in [9.17, 15) is 0 Å². The fraction of sp³-hybridized carbons (Fsp3) is 1.00. The van der Waals surface area contributed by atoms with Gasteiger partial charge in [0.1, 0.15) is 0 Å². The normalized spacial score (nSPS) is 59.2. The highest BCUT2D eigenvalue weighted by Crippen LogP contribution is 2.75. The van der Waals surface area contributed by atoms with Gasteiger partial charge in [0.05, 0.1) is 0 Å². The summed E-state index contributed by atoms with van der Waals surface area (Å²) >= 11 is 0. The maximum atomic E-state index is 2.63. The molecule has 4 saturated carbocycles. The minimum atomic E-state index is 0.627. The zero-order valence-corrected chi connectivity index (χ0v) is 11.6. The number of rotatable bonds is 2. The Labute approximate surface area is 101 Å². The van der Waals surface area contributed by atoms with Gasteiger partial charge in [0.15, 0.2) is 0 Å². The maximum Gasteiger partial charge on any atom is -0.0218 e. The van der Waals surface area contributed by atoms with Gasteiger partial charge in [-0.1, -0.05) is 27.7 Å². The van der Waals surface area contributed by atoms with Crippen LogP contribution in [0.15, 0.2) is 0 Å². The van der Waals surface area contributed by atoms with Gasteiger partial charge in [-0.2, -0.15) is 0 Å². The van der Waals surface area contributed by atoms with Crippen molar-refractivity contribution in [3.05, 3.63) is 0 Å². The first-order chi connectivity index (χ1) is 7.49. The van der Waals surface area contributed by atoms with Crippen LogP contribution in [0.3, 0.4) is 0 Å². The molecule has 4 rings (SSSR count). The Hall–Kier alpha value is 0. The average molecular weight is 220 g/mol. The van der Waals surface area contributed by atoms with Gasteiger partial charge in [-0.05, 0) is 73.0 Å². The minimum absolute atomic E-state index is 0.627. The Kier molecular flexibility index (Phi) is 2.12. The molecule has 0 amide bonds. The van der Waals surface area contributed by atoms with E-state index in [4.69, 9.17) is 0 Å². The largest absolute Gasteiger partial charge is 0.0648 e. The quantitative estimate of drug-likeness (QED) is 0.612. The van der Waals surface area contributed by atoms with Crippen LogP contribution in [0.2, 0.25) is 0 Å². The molecule has 0 heterocycles. The molecule has 4 fully saturated rings. The molecule has 0 nitrogen and oxygen atoms in total. The summed E-state index contributed by atoms with van der Waals surface area (Å²) in [5.74, 6) is 2.16. The highest BCUT2D eigenvalue weighted by molar-refractivity contribution is 5.15. The lowest BCUT2D eigenvalue weighted by Gasteiger charge is -2.72. The van der Waals surface area contributed by atoms with Gasteiger partial charge in [0.25, 0.3) is 0 Å². The summed E-state index contributed by atoms with van der Waals surface area (Å²) in [4.78, 5) is 0. The predicted molar refractivity (Wildman–Crippen MR) is 69.3 cm³/mol. The SMILES string of the molecule is CCC12CC3CC(CC(C)(C3)C1(C)CC)C2. The second kappa shape index (κ2) is 3.06. The van der Waals surface area contributed by atoms with Gasteiger partial charge in [0, 0.05) is 0 Å². The summed E-state index contributed by atoms with van der Waals surface area (Å²) < 4.78 is 0. The van der Waals surface area contributed by atoms with Crippen LogP contribution in [0.5, 0.6) is 0 Å². The van der Waals surface area contributed by atoms with E-state index in [-0.39, 0.29) is 0 Å². The lowest BCUT2D eigenvalue weighted by Crippen LogP contribution is -2.63. The summed E-state index contributed by atoms with van der Waals surface area (Å²) in [6.45, 7) is 10.2. The van der Waals surface area contributed by atoms with Crippen molar-refractivity contribution in [2.45, 2.75) is 72.6 Å². The van der Waals surface area contributed by atoms with Crippen LogP contribution in [0, 0.1) is 28.1 Å². The van der Waals surface area contributed by atoms with Crippen LogP contribution in [0.1, 0.15) is 72.6 Å². The van der Waals surface area contributed by atoms with E-state index in [0.717, 1.165) is 11.8 Å². The summed E-state index contributed by atoms with van der Waals surface area (Å²) in [5.41, 5.74) is 2.00. The molecule has 4 aliphatic rings.